The summed E-state index contributed by atoms with van der Waals surface area (Å²) < 4.78 is 4.81. The van der Waals surface area contributed by atoms with E-state index in [4.69, 9.17) is 0 Å². The Hall–Kier alpha value is -7.16. The summed E-state index contributed by atoms with van der Waals surface area (Å²) in [5.74, 6) is 0. The van der Waals surface area contributed by atoms with Crippen LogP contribution in [0.3, 0.4) is 0 Å². The van der Waals surface area contributed by atoms with Gasteiger partial charge in [-0.1, -0.05) is 140 Å². The van der Waals surface area contributed by atoms with Crippen LogP contribution in [0.1, 0.15) is 0 Å². The van der Waals surface area contributed by atoms with Gasteiger partial charge in [0.25, 0.3) is 0 Å². The first-order valence-electron chi connectivity index (χ1n) is 18.6. The Balaban J connectivity index is 1.01. The van der Waals surface area contributed by atoms with E-state index in [0.717, 1.165) is 5.69 Å². The second kappa shape index (κ2) is 12.2. The molecule has 0 radical (unpaired) electrons. The molecule has 0 saturated carbocycles. The highest BCUT2D eigenvalue weighted by Gasteiger charge is 2.16. The second-order valence-corrected chi connectivity index (χ2v) is 14.2. The minimum atomic E-state index is 1.16. The molecule has 2 heteroatoms. The van der Waals surface area contributed by atoms with E-state index in [2.05, 4.69) is 215 Å². The van der Waals surface area contributed by atoms with Crippen LogP contribution in [0.25, 0.3) is 99.1 Å². The molecule has 2 nitrogen and oxygen atoms in total. The largest absolute Gasteiger partial charge is 0.309 e. The Labute approximate surface area is 313 Å². The van der Waals surface area contributed by atoms with Gasteiger partial charge in [-0.25, -0.2) is 0 Å². The van der Waals surface area contributed by atoms with Gasteiger partial charge in [0, 0.05) is 32.9 Å². The molecule has 11 rings (SSSR count). The summed E-state index contributed by atoms with van der Waals surface area (Å²) in [4.78, 5) is 0. The summed E-state index contributed by atoms with van der Waals surface area (Å²) in [5.41, 5.74) is 14.5. The van der Waals surface area contributed by atoms with E-state index in [1.807, 2.05) is 0 Å². The predicted octanol–water partition coefficient (Wildman–Crippen LogP) is 14.0. The molecule has 0 aliphatic carbocycles. The summed E-state index contributed by atoms with van der Waals surface area (Å²) in [7, 11) is 0. The monoisotopic (exact) mass is 686 g/mol. The smallest absolute Gasteiger partial charge is 0.0541 e. The Morgan fingerprint density at radius 3 is 1.22 bits per heavy atom. The van der Waals surface area contributed by atoms with Crippen molar-refractivity contribution in [2.24, 2.45) is 0 Å². The van der Waals surface area contributed by atoms with Crippen molar-refractivity contribution in [3.8, 4) is 44.8 Å². The van der Waals surface area contributed by atoms with Crippen molar-refractivity contribution in [2.45, 2.75) is 0 Å². The molecule has 54 heavy (non-hydrogen) atoms. The third-order valence-electron chi connectivity index (χ3n) is 11.1. The van der Waals surface area contributed by atoms with Gasteiger partial charge in [0.15, 0.2) is 0 Å². The minimum Gasteiger partial charge on any atom is -0.309 e. The van der Waals surface area contributed by atoms with Crippen molar-refractivity contribution in [3.05, 3.63) is 206 Å². The summed E-state index contributed by atoms with van der Waals surface area (Å²) in [6.45, 7) is 0. The Bertz CT molecular complexity index is 3180. The van der Waals surface area contributed by atoms with E-state index in [1.165, 1.54) is 93.5 Å². The first-order valence-corrected chi connectivity index (χ1v) is 18.6. The van der Waals surface area contributed by atoms with E-state index in [1.54, 1.807) is 0 Å². The molecular weight excluding hydrogens is 653 g/mol. The number of benzene rings is 9. The Morgan fingerprint density at radius 1 is 0.222 bits per heavy atom. The lowest BCUT2D eigenvalue weighted by molar-refractivity contribution is 1.18. The minimum absolute atomic E-state index is 1.16. The Kier molecular flexibility index (Phi) is 6.90. The molecule has 0 aliphatic heterocycles. The summed E-state index contributed by atoms with van der Waals surface area (Å²) in [5, 5.41) is 7.49. The van der Waals surface area contributed by atoms with Crippen LogP contribution < -0.4 is 0 Å². The molecule has 0 amide bonds. The Morgan fingerprint density at radius 2 is 0.611 bits per heavy atom. The average Bonchev–Trinajstić information content (AvgIpc) is 3.76. The van der Waals surface area contributed by atoms with Crippen molar-refractivity contribution in [3.63, 3.8) is 0 Å². The molecule has 9 aromatic carbocycles. The zero-order chi connectivity index (χ0) is 35.6. The molecule has 11 aromatic rings. The van der Waals surface area contributed by atoms with Crippen LogP contribution in [-0.2, 0) is 0 Å². The first kappa shape index (κ1) is 30.5. The number of hydrogen-bond donors (Lipinski definition) is 0. The van der Waals surface area contributed by atoms with E-state index in [0.29, 0.717) is 0 Å². The number of aromatic nitrogens is 2. The molecule has 2 aromatic heterocycles. The number of rotatable bonds is 5. The molecule has 2 heterocycles. The molecule has 0 N–H and O–H groups in total. The van der Waals surface area contributed by atoms with Gasteiger partial charge in [-0.05, 0) is 111 Å². The zero-order valence-electron chi connectivity index (χ0n) is 29.5. The van der Waals surface area contributed by atoms with Gasteiger partial charge < -0.3 is 9.13 Å². The van der Waals surface area contributed by atoms with E-state index in [9.17, 15) is 0 Å². The van der Waals surface area contributed by atoms with E-state index >= 15 is 0 Å². The van der Waals surface area contributed by atoms with Crippen molar-refractivity contribution in [1.29, 1.82) is 0 Å². The average molecular weight is 687 g/mol. The molecule has 0 aliphatic rings. The lowest BCUT2D eigenvalue weighted by atomic mass is 10.0. The maximum Gasteiger partial charge on any atom is 0.0541 e. The van der Waals surface area contributed by atoms with Gasteiger partial charge in [-0.3, -0.25) is 0 Å². The van der Waals surface area contributed by atoms with Crippen molar-refractivity contribution in [2.75, 3.05) is 0 Å². The van der Waals surface area contributed by atoms with Crippen molar-refractivity contribution >= 4 is 54.4 Å². The fraction of sp³-hybridized carbons (Fsp3) is 0. The van der Waals surface area contributed by atoms with Crippen LogP contribution in [0.4, 0.5) is 0 Å². The van der Waals surface area contributed by atoms with Crippen molar-refractivity contribution < 1.29 is 0 Å². The van der Waals surface area contributed by atoms with Crippen LogP contribution in [0.5, 0.6) is 0 Å². The fourth-order valence-corrected chi connectivity index (χ4v) is 8.48. The van der Waals surface area contributed by atoms with Crippen LogP contribution >= 0.6 is 0 Å². The molecule has 252 valence electrons. The van der Waals surface area contributed by atoms with Gasteiger partial charge in [0.2, 0.25) is 0 Å². The number of para-hydroxylation sites is 2. The number of hydrogen-bond acceptors (Lipinski definition) is 0. The SMILES string of the molecule is c1ccc(-c2ccc(-n3c4ccccc4c4cc(-c5ccc6c(c5)c5ccccc5n6-c5ccc6cc(-c7ccccc7)ccc6c5)ccc43)cc2)cc1. The summed E-state index contributed by atoms with van der Waals surface area (Å²) in [6.07, 6.45) is 0. The maximum atomic E-state index is 2.42. The molecule has 0 spiro atoms. The molecular formula is C52H34N2. The van der Waals surface area contributed by atoms with E-state index < -0.39 is 0 Å². The molecule has 0 atom stereocenters. The maximum absolute atomic E-state index is 2.42. The highest BCUT2D eigenvalue weighted by atomic mass is 15.0. The lowest BCUT2D eigenvalue weighted by Crippen LogP contribution is -1.94. The van der Waals surface area contributed by atoms with Gasteiger partial charge in [-0.2, -0.15) is 0 Å². The van der Waals surface area contributed by atoms with Crippen LogP contribution in [0.2, 0.25) is 0 Å². The van der Waals surface area contributed by atoms with E-state index in [-0.39, 0.29) is 0 Å². The fourth-order valence-electron chi connectivity index (χ4n) is 8.48. The topological polar surface area (TPSA) is 9.86 Å². The van der Waals surface area contributed by atoms with Crippen LogP contribution in [-0.4, -0.2) is 9.13 Å². The quantitative estimate of drug-likeness (QED) is 0.171. The first-order chi connectivity index (χ1) is 26.8. The second-order valence-electron chi connectivity index (χ2n) is 14.2. The van der Waals surface area contributed by atoms with Crippen LogP contribution in [0, 0.1) is 0 Å². The van der Waals surface area contributed by atoms with Crippen LogP contribution in [0.15, 0.2) is 206 Å². The van der Waals surface area contributed by atoms with Crippen molar-refractivity contribution in [1.82, 2.24) is 9.13 Å². The zero-order valence-corrected chi connectivity index (χ0v) is 29.5. The summed E-state index contributed by atoms with van der Waals surface area (Å²) in [6, 6.07) is 75.2. The molecule has 0 fully saturated rings. The number of fused-ring (bicyclic) bond motifs is 7. The highest BCUT2D eigenvalue weighted by molar-refractivity contribution is 6.13. The molecule has 0 unspecified atom stereocenters. The molecule has 0 saturated heterocycles. The van der Waals surface area contributed by atoms with Gasteiger partial charge in [0.05, 0.1) is 22.1 Å². The van der Waals surface area contributed by atoms with Gasteiger partial charge >= 0.3 is 0 Å². The standard InChI is InChI=1S/C52H34N2/c1-3-11-35(12-4-1)37-21-26-43(27-22-37)53-49-17-9-7-15-45(49)47-33-41(24-29-51(47)53)42-25-30-52-48(34-42)46-16-8-10-18-50(46)54(52)44-28-23-39-31-38(19-20-40(39)32-44)36-13-5-2-6-14-36/h1-34H. The molecule has 0 bridgehead atoms. The predicted molar refractivity (Wildman–Crippen MR) is 229 cm³/mol. The third-order valence-corrected chi connectivity index (χ3v) is 11.1. The normalized spacial score (nSPS) is 11.7. The third kappa shape index (κ3) is 4.88. The van der Waals surface area contributed by atoms with Gasteiger partial charge in [0.1, 0.15) is 0 Å². The number of nitrogens with zero attached hydrogens (tertiary/aromatic N) is 2. The van der Waals surface area contributed by atoms with Gasteiger partial charge in [-0.15, -0.1) is 0 Å². The lowest BCUT2D eigenvalue weighted by Gasteiger charge is -2.11. The highest BCUT2D eigenvalue weighted by Crippen LogP contribution is 2.39. The summed E-state index contributed by atoms with van der Waals surface area (Å²) >= 11 is 0.